The first-order valence-corrected chi connectivity index (χ1v) is 55.4. The molecule has 12 aromatic rings. The molecular weight excluding hydrogens is 2260 g/mol. The summed E-state index contributed by atoms with van der Waals surface area (Å²) in [5.74, 6) is 0. The third-order valence-corrected chi connectivity index (χ3v) is 21.5. The van der Waals surface area contributed by atoms with Crippen molar-refractivity contribution in [1.29, 1.82) is 0 Å². The smallest absolute Gasteiger partial charge is 0 e. The second-order valence-electron chi connectivity index (χ2n) is 44.8. The SMILES string of the molecule is CC.CC.CC.CC.CC.CC.CC.CC.CC.CC.CC.CC.CC(C)(C)c1[c-]c(-c2[c-]c(C(C)(C)C)ccc2)ccc1.CC(C)(C)c1[c-]c(-c2[c-]cc(C(C)(C)C)cc2)ccc1.CC(C)(C)c1[c-]c(-c2[c-]ccc(C(C)(C)C)c2)ccc1.CC(C)(C)c1[c-]c(-c2[c-]cccc2C(C)(C)C)ccc1.CC(C)(C)c1c[c-]c(-c2[c-]cc(C(C)(C)C)cc2)cc1.CC(C)(C)c1c[c-]c(-c2[c-]ccc(C(C)(C)C)c2)cc1.[Y].[Y].[Y].[Y].[Y].[Y]. The molecule has 0 aliphatic carbocycles. The molecule has 6 radical (unpaired) electrons. The van der Waals surface area contributed by atoms with Crippen LogP contribution in [0.2, 0.25) is 0 Å². The van der Waals surface area contributed by atoms with Crippen molar-refractivity contribution in [3.05, 3.63) is 358 Å². The van der Waals surface area contributed by atoms with E-state index in [1.807, 2.05) is 184 Å². The van der Waals surface area contributed by atoms with Gasteiger partial charge in [0.05, 0.1) is 0 Å². The maximum atomic E-state index is 3.58. The number of benzene rings is 12. The fourth-order valence-corrected chi connectivity index (χ4v) is 13.0. The van der Waals surface area contributed by atoms with Crippen LogP contribution in [0.1, 0.15) is 482 Å². The first kappa shape index (κ1) is 172. The third-order valence-electron chi connectivity index (χ3n) is 21.5. The molecule has 0 N–H and O–H groups in total. The molecule has 0 aliphatic rings. The van der Waals surface area contributed by atoms with Crippen LogP contribution in [0, 0.1) is 72.8 Å². The van der Waals surface area contributed by atoms with Gasteiger partial charge in [-0.25, -0.2) is 66.8 Å². The molecule has 150 heavy (non-hydrogen) atoms. The average molecular weight is 2480 g/mol. The van der Waals surface area contributed by atoms with Gasteiger partial charge in [-0.15, -0.1) is 110 Å². The monoisotopic (exact) mass is 2480 g/mol. The summed E-state index contributed by atoms with van der Waals surface area (Å²) in [4.78, 5) is 0. The molecule has 0 nitrogen and oxygen atoms in total. The molecule has 0 bridgehead atoms. The van der Waals surface area contributed by atoms with E-state index in [1.54, 1.807) is 0 Å². The van der Waals surface area contributed by atoms with Gasteiger partial charge in [-0.2, -0.15) is 248 Å². The zero-order valence-electron chi connectivity index (χ0n) is 108. The number of hydrogen-bond donors (Lipinski definition) is 0. The standard InChI is InChI=1S/6C20H24.12C2H6.6Y/c1-19(2,3)17-11-7-15(8-12-17)16-9-13-18(14-10-16)20(4,5)6;2*1-19(2,3)17-11-7-9-15(13-17)16-10-8-12-18(14-16)20(4,5)6;1-19(2,3)16-11-9-10-15(14-16)17-12-7-8-13-18(17)20(4,5)6;2*1-19(2,3)17-12-10-15(11-13-17)16-8-7-9-18(14-16)20(4,5)6;12*1-2;;;;;;/h7,9,11-14H,1-6H3;7-9,11-12,14H,1-6H3;7-12H,1-6H3;7-11,13H,1-6H3;7,9-10,12-14H,1-6H3;7-10,12-13H,1-6H3;12*1-2H3;;;;;;/q6*-2;;;;;;;;;;;;;;;;;;. The minimum Gasteiger partial charge on any atom is -0.226 e. The minimum atomic E-state index is 0. The van der Waals surface area contributed by atoms with E-state index in [4.69, 9.17) is 0 Å². The molecule has 12 aromatic carbocycles. The van der Waals surface area contributed by atoms with E-state index in [9.17, 15) is 0 Å². The van der Waals surface area contributed by atoms with Crippen LogP contribution in [-0.4, -0.2) is 0 Å². The van der Waals surface area contributed by atoms with Gasteiger partial charge in [-0.3, -0.25) is 0 Å². The summed E-state index contributed by atoms with van der Waals surface area (Å²) >= 11 is 0. The quantitative estimate of drug-likeness (QED) is 0.146. The van der Waals surface area contributed by atoms with Crippen molar-refractivity contribution < 1.29 is 196 Å². The van der Waals surface area contributed by atoms with Gasteiger partial charge in [0.25, 0.3) is 0 Å². The van der Waals surface area contributed by atoms with E-state index in [-0.39, 0.29) is 261 Å². The van der Waals surface area contributed by atoms with Crippen molar-refractivity contribution in [3.63, 3.8) is 0 Å². The summed E-state index contributed by atoms with van der Waals surface area (Å²) in [6, 6.07) is 118. The van der Waals surface area contributed by atoms with Gasteiger partial charge >= 0.3 is 0 Å². The molecule has 822 valence electrons. The fourth-order valence-electron chi connectivity index (χ4n) is 13.0. The molecule has 0 aliphatic heterocycles. The van der Waals surface area contributed by atoms with E-state index in [0.717, 1.165) is 61.2 Å². The van der Waals surface area contributed by atoms with Gasteiger partial charge in [0.2, 0.25) is 0 Å². The second-order valence-corrected chi connectivity index (χ2v) is 44.8. The molecule has 0 saturated heterocycles. The van der Waals surface area contributed by atoms with E-state index in [1.165, 1.54) is 72.3 Å². The molecule has 0 atom stereocenters. The van der Waals surface area contributed by atoms with Gasteiger partial charge in [0, 0.05) is 196 Å². The Labute approximate surface area is 1090 Å². The Kier molecular flexibility index (Phi) is 98.9. The van der Waals surface area contributed by atoms with Gasteiger partial charge < -0.3 is 0 Å². The van der Waals surface area contributed by atoms with E-state index >= 15 is 0 Å². The molecule has 0 spiro atoms. The van der Waals surface area contributed by atoms with Crippen LogP contribution in [0.15, 0.2) is 218 Å². The first-order chi connectivity index (χ1) is 67.1. The van der Waals surface area contributed by atoms with Crippen molar-refractivity contribution in [3.8, 4) is 66.8 Å². The zero-order valence-corrected chi connectivity index (χ0v) is 125. The van der Waals surface area contributed by atoms with Crippen LogP contribution >= 0.6 is 0 Å². The maximum absolute atomic E-state index is 3.58. The first-order valence-electron chi connectivity index (χ1n) is 55.4. The predicted molar refractivity (Wildman–Crippen MR) is 658 cm³/mol. The fraction of sp³-hybridized carbons (Fsp3) is 0.500. The van der Waals surface area contributed by atoms with Crippen LogP contribution in [0.4, 0.5) is 0 Å². The molecule has 0 saturated carbocycles. The topological polar surface area (TPSA) is 0 Å². The third kappa shape index (κ3) is 65.9. The Bertz CT molecular complexity index is 4850. The molecule has 0 fully saturated rings. The predicted octanol–water partition coefficient (Wildman–Crippen LogP) is 45.6. The summed E-state index contributed by atoms with van der Waals surface area (Å²) in [7, 11) is 0. The van der Waals surface area contributed by atoms with Gasteiger partial charge in [-0.05, 0) is 59.6 Å². The Morgan fingerprint density at radius 1 is 0.140 bits per heavy atom. The van der Waals surface area contributed by atoms with Crippen molar-refractivity contribution in [2.75, 3.05) is 0 Å². The Balaban J connectivity index is -0.000000145. The van der Waals surface area contributed by atoms with Crippen molar-refractivity contribution in [2.24, 2.45) is 0 Å². The Morgan fingerprint density at radius 2 is 0.327 bits per heavy atom. The van der Waals surface area contributed by atoms with Crippen molar-refractivity contribution in [2.45, 2.75) is 480 Å². The minimum absolute atomic E-state index is 0. The van der Waals surface area contributed by atoms with E-state index in [0.29, 0.717) is 0 Å². The van der Waals surface area contributed by atoms with E-state index in [2.05, 4.69) is 522 Å². The summed E-state index contributed by atoms with van der Waals surface area (Å²) in [6.45, 7) is 128. The molecule has 0 aromatic heterocycles. The summed E-state index contributed by atoms with van der Waals surface area (Å²) in [6.07, 6.45) is 0. The molecule has 0 unspecified atom stereocenters. The summed E-state index contributed by atoms with van der Waals surface area (Å²) < 4.78 is 0. The normalized spacial score (nSPS) is 10.5. The Hall–Kier alpha value is -2.74. The van der Waals surface area contributed by atoms with Crippen molar-refractivity contribution in [1.82, 2.24) is 0 Å². The molecule has 0 amide bonds. The van der Waals surface area contributed by atoms with Crippen LogP contribution in [0.25, 0.3) is 66.8 Å². The molecule has 6 heteroatoms. The average Bonchev–Trinajstić information content (AvgIpc) is 0.795. The molecular formula is C144H216Y6-12. The van der Waals surface area contributed by atoms with Crippen LogP contribution < -0.4 is 0 Å². The molecule has 0 heterocycles. The van der Waals surface area contributed by atoms with Gasteiger partial charge in [0.15, 0.2) is 0 Å². The van der Waals surface area contributed by atoms with Gasteiger partial charge in [0.1, 0.15) is 0 Å². The van der Waals surface area contributed by atoms with Gasteiger partial charge in [-0.1, -0.05) is 421 Å². The largest absolute Gasteiger partial charge is 0.226 e. The van der Waals surface area contributed by atoms with Crippen LogP contribution in [0.5, 0.6) is 0 Å². The summed E-state index contributed by atoms with van der Waals surface area (Å²) in [5.41, 5.74) is 30.7. The van der Waals surface area contributed by atoms with Crippen LogP contribution in [-0.2, 0) is 261 Å². The van der Waals surface area contributed by atoms with E-state index < -0.39 is 0 Å². The maximum Gasteiger partial charge on any atom is 0 e. The second kappa shape index (κ2) is 86.2. The number of hydrogen-bond acceptors (Lipinski definition) is 0. The Morgan fingerprint density at radius 3 is 0.527 bits per heavy atom. The van der Waals surface area contributed by atoms with Crippen LogP contribution in [0.3, 0.4) is 0 Å². The summed E-state index contributed by atoms with van der Waals surface area (Å²) in [5, 5.41) is 0. The zero-order chi connectivity index (χ0) is 114. The molecule has 12 rings (SSSR count). The number of rotatable bonds is 6. The van der Waals surface area contributed by atoms with Crippen molar-refractivity contribution >= 4 is 0 Å².